The average molecular weight is 841 g/mol. The molecule has 0 radical (unpaired) electrons. The molecule has 0 aromatic rings. The van der Waals surface area contributed by atoms with Gasteiger partial charge in [0.2, 0.25) is 0 Å². The lowest BCUT2D eigenvalue weighted by molar-refractivity contribution is -0.145. The normalized spacial score (nSPS) is 11.6. The standard InChI is InChI=1S/C47H92N4O8/c1-7-9-11-13-15-17-19-21-23-25-42-58-46(54)30-36-50(34-28-44(52)56-5)40-38-48(3)32-27-33-49(4)39-41-51(35-29-45(53)57-6)37-31-47(55)59-43-26-24-22-20-18-16-14-12-10-8-2/h7-43H2,1-6H3. The van der Waals surface area contributed by atoms with Crippen LogP contribution in [-0.2, 0) is 38.1 Å². The molecule has 59 heavy (non-hydrogen) atoms. The van der Waals surface area contributed by atoms with Crippen LogP contribution in [0.3, 0.4) is 0 Å². The first-order chi connectivity index (χ1) is 28.6. The van der Waals surface area contributed by atoms with Gasteiger partial charge >= 0.3 is 23.9 Å². The number of rotatable bonds is 44. The van der Waals surface area contributed by atoms with E-state index in [2.05, 4.69) is 47.5 Å². The number of methoxy groups -OCH3 is 2. The van der Waals surface area contributed by atoms with Crippen molar-refractivity contribution in [2.45, 2.75) is 174 Å². The Labute approximate surface area is 362 Å². The maximum atomic E-state index is 12.5. The molecule has 0 bridgehead atoms. The smallest absolute Gasteiger partial charge is 0.307 e. The number of hydrogen-bond acceptors (Lipinski definition) is 12. The van der Waals surface area contributed by atoms with Crippen LogP contribution in [0.5, 0.6) is 0 Å². The van der Waals surface area contributed by atoms with Gasteiger partial charge in [0.15, 0.2) is 0 Å². The minimum atomic E-state index is -0.252. The highest BCUT2D eigenvalue weighted by Crippen LogP contribution is 2.12. The van der Waals surface area contributed by atoms with Gasteiger partial charge in [0.05, 0.1) is 53.1 Å². The van der Waals surface area contributed by atoms with E-state index in [1.807, 2.05) is 0 Å². The number of unbranched alkanes of at least 4 members (excludes halogenated alkanes) is 18. The summed E-state index contributed by atoms with van der Waals surface area (Å²) in [7, 11) is 7.01. The van der Waals surface area contributed by atoms with E-state index in [4.69, 9.17) is 18.9 Å². The summed E-state index contributed by atoms with van der Waals surface area (Å²) in [5.74, 6) is -0.857. The molecule has 0 N–H and O–H groups in total. The number of carbonyl (C=O) groups is 4. The average Bonchev–Trinajstić information content (AvgIpc) is 3.23. The van der Waals surface area contributed by atoms with Crippen LogP contribution in [0, 0.1) is 0 Å². The van der Waals surface area contributed by atoms with E-state index in [1.165, 1.54) is 117 Å². The lowest BCUT2D eigenvalue weighted by Crippen LogP contribution is -2.38. The molecule has 0 saturated heterocycles. The topological polar surface area (TPSA) is 118 Å². The van der Waals surface area contributed by atoms with Gasteiger partial charge < -0.3 is 38.5 Å². The van der Waals surface area contributed by atoms with Crippen LogP contribution in [0.4, 0.5) is 0 Å². The first-order valence-electron chi connectivity index (χ1n) is 23.9. The number of hydrogen-bond donors (Lipinski definition) is 0. The van der Waals surface area contributed by atoms with Gasteiger partial charge in [-0.15, -0.1) is 0 Å². The third-order valence-electron chi connectivity index (χ3n) is 11.2. The molecule has 348 valence electrons. The second-order valence-corrected chi connectivity index (χ2v) is 16.6. The zero-order valence-corrected chi connectivity index (χ0v) is 39.2. The fraction of sp³-hybridized carbons (Fsp3) is 0.915. The first-order valence-corrected chi connectivity index (χ1v) is 23.9. The number of carbonyl (C=O) groups excluding carboxylic acids is 4. The van der Waals surface area contributed by atoms with Crippen molar-refractivity contribution in [2.75, 3.05) is 107 Å². The summed E-state index contributed by atoms with van der Waals surface area (Å²) in [4.78, 5) is 57.6. The highest BCUT2D eigenvalue weighted by atomic mass is 16.5. The van der Waals surface area contributed by atoms with Crippen molar-refractivity contribution in [1.82, 2.24) is 19.6 Å². The molecule has 0 spiro atoms. The zero-order valence-electron chi connectivity index (χ0n) is 39.2. The van der Waals surface area contributed by atoms with E-state index in [1.54, 1.807) is 0 Å². The molecule has 0 aliphatic rings. The summed E-state index contributed by atoms with van der Waals surface area (Å²) < 4.78 is 20.8. The van der Waals surface area contributed by atoms with Crippen LogP contribution in [-0.4, -0.2) is 150 Å². The van der Waals surface area contributed by atoms with Crippen molar-refractivity contribution in [2.24, 2.45) is 0 Å². The van der Waals surface area contributed by atoms with Gasteiger partial charge in [-0.25, -0.2) is 0 Å². The molecule has 0 rings (SSSR count). The molecule has 0 fully saturated rings. The molecular weight excluding hydrogens is 749 g/mol. The van der Waals surface area contributed by atoms with Crippen molar-refractivity contribution in [3.05, 3.63) is 0 Å². The highest BCUT2D eigenvalue weighted by Gasteiger charge is 2.15. The van der Waals surface area contributed by atoms with E-state index in [0.29, 0.717) is 52.2 Å². The zero-order chi connectivity index (χ0) is 43.6. The molecule has 0 amide bonds. The molecule has 0 aromatic heterocycles. The minimum Gasteiger partial charge on any atom is -0.469 e. The lowest BCUT2D eigenvalue weighted by atomic mass is 10.1. The summed E-state index contributed by atoms with van der Waals surface area (Å²) in [6.07, 6.45) is 27.1. The molecular formula is C47H92N4O8. The second-order valence-electron chi connectivity index (χ2n) is 16.6. The van der Waals surface area contributed by atoms with Crippen molar-refractivity contribution >= 4 is 23.9 Å². The highest BCUT2D eigenvalue weighted by molar-refractivity contribution is 5.70. The van der Waals surface area contributed by atoms with Gasteiger partial charge in [-0.05, 0) is 46.4 Å². The molecule has 0 saturated carbocycles. The third-order valence-corrected chi connectivity index (χ3v) is 11.2. The van der Waals surface area contributed by atoms with Gasteiger partial charge in [0, 0.05) is 52.4 Å². The predicted molar refractivity (Wildman–Crippen MR) is 241 cm³/mol. The van der Waals surface area contributed by atoms with Crippen LogP contribution >= 0.6 is 0 Å². The van der Waals surface area contributed by atoms with Crippen LogP contribution in [0.15, 0.2) is 0 Å². The molecule has 12 heteroatoms. The Morgan fingerprint density at radius 2 is 0.627 bits per heavy atom. The summed E-state index contributed by atoms with van der Waals surface area (Å²) in [6.45, 7) is 12.6. The Hall–Kier alpha value is -2.28. The summed E-state index contributed by atoms with van der Waals surface area (Å²) in [6, 6.07) is 0. The van der Waals surface area contributed by atoms with Crippen molar-refractivity contribution in [3.63, 3.8) is 0 Å². The third kappa shape index (κ3) is 39.6. The Morgan fingerprint density at radius 3 is 0.932 bits per heavy atom. The number of likely N-dealkylation sites (N-methyl/N-ethyl adjacent to an activating group) is 2. The first kappa shape index (κ1) is 56.7. The van der Waals surface area contributed by atoms with Crippen LogP contribution in [0.2, 0.25) is 0 Å². The van der Waals surface area contributed by atoms with Crippen molar-refractivity contribution < 1.29 is 38.1 Å². The van der Waals surface area contributed by atoms with Crippen LogP contribution < -0.4 is 0 Å². The van der Waals surface area contributed by atoms with Gasteiger partial charge in [-0.3, -0.25) is 19.2 Å². The quantitative estimate of drug-likeness (QED) is 0.0332. The van der Waals surface area contributed by atoms with Gasteiger partial charge in [-0.1, -0.05) is 129 Å². The van der Waals surface area contributed by atoms with E-state index in [-0.39, 0.29) is 36.7 Å². The van der Waals surface area contributed by atoms with E-state index >= 15 is 0 Å². The largest absolute Gasteiger partial charge is 0.469 e. The fourth-order valence-corrected chi connectivity index (χ4v) is 7.03. The van der Waals surface area contributed by atoms with Crippen molar-refractivity contribution in [1.29, 1.82) is 0 Å². The van der Waals surface area contributed by atoms with Gasteiger partial charge in [0.1, 0.15) is 0 Å². The van der Waals surface area contributed by atoms with Gasteiger partial charge in [-0.2, -0.15) is 0 Å². The Balaban J connectivity index is 4.44. The Bertz CT molecular complexity index is 927. The van der Waals surface area contributed by atoms with Crippen LogP contribution in [0.25, 0.3) is 0 Å². The number of nitrogens with zero attached hydrogens (tertiary/aromatic N) is 4. The van der Waals surface area contributed by atoms with Crippen molar-refractivity contribution in [3.8, 4) is 0 Å². The SMILES string of the molecule is CCCCCCCCCCCCOC(=O)CCN(CCC(=O)OC)CCN(C)CCCN(C)CCN(CCC(=O)OC)CCC(=O)OCCCCCCCCCCCC. The van der Waals surface area contributed by atoms with E-state index < -0.39 is 0 Å². The van der Waals surface area contributed by atoms with E-state index in [9.17, 15) is 19.2 Å². The summed E-state index contributed by atoms with van der Waals surface area (Å²) >= 11 is 0. The van der Waals surface area contributed by atoms with E-state index in [0.717, 1.165) is 71.4 Å². The lowest BCUT2D eigenvalue weighted by Gasteiger charge is -2.27. The minimum absolute atomic E-state index is 0.177. The Morgan fingerprint density at radius 1 is 0.339 bits per heavy atom. The molecule has 0 aromatic carbocycles. The molecule has 0 unspecified atom stereocenters. The molecule has 0 aliphatic carbocycles. The Kier molecular flexibility index (Phi) is 40.8. The van der Waals surface area contributed by atoms with Crippen LogP contribution in [0.1, 0.15) is 174 Å². The monoisotopic (exact) mass is 841 g/mol. The summed E-state index contributed by atoms with van der Waals surface area (Å²) in [5, 5.41) is 0. The maximum Gasteiger partial charge on any atom is 0.307 e. The summed E-state index contributed by atoms with van der Waals surface area (Å²) in [5.41, 5.74) is 0. The molecule has 12 nitrogen and oxygen atoms in total. The fourth-order valence-electron chi connectivity index (χ4n) is 7.03. The predicted octanol–water partition coefficient (Wildman–Crippen LogP) is 8.68. The number of esters is 4. The van der Waals surface area contributed by atoms with Gasteiger partial charge in [0.25, 0.3) is 0 Å². The molecule has 0 atom stereocenters. The maximum absolute atomic E-state index is 12.5. The number of ether oxygens (including phenoxy) is 4. The second kappa shape index (κ2) is 42.4. The molecule has 0 heterocycles. The molecule has 0 aliphatic heterocycles.